The van der Waals surface area contributed by atoms with E-state index >= 15 is 0 Å². The topological polar surface area (TPSA) is 85.3 Å². The van der Waals surface area contributed by atoms with Gasteiger partial charge in [-0.05, 0) is 25.1 Å². The van der Waals surface area contributed by atoms with Gasteiger partial charge in [0.05, 0.1) is 6.54 Å². The van der Waals surface area contributed by atoms with Crippen LogP contribution in [0.3, 0.4) is 0 Å². The van der Waals surface area contributed by atoms with E-state index in [0.717, 1.165) is 4.47 Å². The highest BCUT2D eigenvalue weighted by Crippen LogP contribution is 2.24. The molecule has 0 bridgehead atoms. The first-order valence-electron chi connectivity index (χ1n) is 5.50. The van der Waals surface area contributed by atoms with Gasteiger partial charge >= 0.3 is 0 Å². The predicted octanol–water partition coefficient (Wildman–Crippen LogP) is 2.61. The molecule has 0 fully saturated rings. The lowest BCUT2D eigenvalue weighted by Gasteiger charge is -2.07. The van der Waals surface area contributed by atoms with E-state index in [1.54, 1.807) is 25.1 Å². The van der Waals surface area contributed by atoms with Crippen molar-refractivity contribution < 1.29 is 12.8 Å². The summed E-state index contributed by atoms with van der Waals surface area (Å²) < 4.78 is 33.0. The molecule has 1 aromatic carbocycles. The SMILES string of the molecule is Cc1oc(CN)cc1S(=O)(=O)Nc1cccc(Br)c1. The normalized spacial score (nSPS) is 11.5. The van der Waals surface area contributed by atoms with Gasteiger partial charge in [0, 0.05) is 16.2 Å². The van der Waals surface area contributed by atoms with E-state index in [-0.39, 0.29) is 11.4 Å². The zero-order chi connectivity index (χ0) is 14.0. The van der Waals surface area contributed by atoms with Crippen LogP contribution < -0.4 is 10.5 Å². The van der Waals surface area contributed by atoms with E-state index < -0.39 is 10.0 Å². The van der Waals surface area contributed by atoms with Crippen molar-refractivity contribution in [3.8, 4) is 0 Å². The maximum atomic E-state index is 12.2. The van der Waals surface area contributed by atoms with Gasteiger partial charge in [0.2, 0.25) is 0 Å². The van der Waals surface area contributed by atoms with Crippen LogP contribution in [0.15, 0.2) is 44.1 Å². The molecule has 3 N–H and O–H groups in total. The molecule has 2 rings (SSSR count). The standard InChI is InChI=1S/C12H13BrN2O3S/c1-8-12(6-11(7-14)18-8)19(16,17)15-10-4-2-3-9(13)5-10/h2-6,15H,7,14H2,1H3. The van der Waals surface area contributed by atoms with Gasteiger partial charge in [0.25, 0.3) is 10.0 Å². The summed E-state index contributed by atoms with van der Waals surface area (Å²) >= 11 is 3.29. The number of anilines is 1. The third kappa shape index (κ3) is 3.17. The number of sulfonamides is 1. The predicted molar refractivity (Wildman–Crippen MR) is 76.3 cm³/mol. The Balaban J connectivity index is 2.34. The van der Waals surface area contributed by atoms with E-state index in [0.29, 0.717) is 17.2 Å². The lowest BCUT2D eigenvalue weighted by Crippen LogP contribution is -2.13. The van der Waals surface area contributed by atoms with Crippen molar-refractivity contribution in [1.82, 2.24) is 0 Å². The fraction of sp³-hybridized carbons (Fsp3) is 0.167. The molecule has 0 amide bonds. The minimum absolute atomic E-state index is 0.105. The number of hydrogen-bond acceptors (Lipinski definition) is 4. The summed E-state index contributed by atoms with van der Waals surface area (Å²) in [5.74, 6) is 0.759. The summed E-state index contributed by atoms with van der Waals surface area (Å²) in [6, 6.07) is 8.34. The first-order chi connectivity index (χ1) is 8.92. The Labute approximate surface area is 120 Å². The fourth-order valence-electron chi connectivity index (χ4n) is 1.65. The minimum Gasteiger partial charge on any atom is -0.464 e. The van der Waals surface area contributed by atoms with Gasteiger partial charge < -0.3 is 10.2 Å². The fourth-order valence-corrected chi connectivity index (χ4v) is 3.31. The minimum atomic E-state index is -3.67. The molecule has 1 heterocycles. The van der Waals surface area contributed by atoms with Gasteiger partial charge in [-0.1, -0.05) is 22.0 Å². The summed E-state index contributed by atoms with van der Waals surface area (Å²) in [5, 5.41) is 0. The summed E-state index contributed by atoms with van der Waals surface area (Å²) in [4.78, 5) is 0.105. The Kier molecular flexibility index (Phi) is 3.98. The lowest BCUT2D eigenvalue weighted by atomic mass is 10.3. The van der Waals surface area contributed by atoms with Crippen LogP contribution in [0.2, 0.25) is 0 Å². The average molecular weight is 345 g/mol. The molecule has 0 unspecified atom stereocenters. The third-order valence-corrected chi connectivity index (χ3v) is 4.47. The number of rotatable bonds is 4. The smallest absolute Gasteiger partial charge is 0.265 e. The highest BCUT2D eigenvalue weighted by Gasteiger charge is 2.21. The van der Waals surface area contributed by atoms with Crippen molar-refractivity contribution >= 4 is 31.6 Å². The summed E-state index contributed by atoms with van der Waals surface area (Å²) in [7, 11) is -3.67. The van der Waals surface area contributed by atoms with Gasteiger partial charge in [-0.2, -0.15) is 0 Å². The molecule has 0 aliphatic carbocycles. The second-order valence-electron chi connectivity index (χ2n) is 3.95. The number of furan rings is 1. The van der Waals surface area contributed by atoms with Gasteiger partial charge in [-0.15, -0.1) is 0 Å². The van der Waals surface area contributed by atoms with Crippen LogP contribution in [-0.4, -0.2) is 8.42 Å². The molecule has 7 heteroatoms. The van der Waals surface area contributed by atoms with Gasteiger partial charge in [0.1, 0.15) is 16.4 Å². The maximum Gasteiger partial charge on any atom is 0.265 e. The van der Waals surface area contributed by atoms with Crippen molar-refractivity contribution in [3.63, 3.8) is 0 Å². The van der Waals surface area contributed by atoms with E-state index in [9.17, 15) is 8.42 Å². The van der Waals surface area contributed by atoms with Crippen molar-refractivity contribution in [2.24, 2.45) is 5.73 Å². The van der Waals surface area contributed by atoms with Crippen molar-refractivity contribution in [1.29, 1.82) is 0 Å². The first kappa shape index (κ1) is 14.1. The Morgan fingerprint density at radius 2 is 2.11 bits per heavy atom. The molecule has 0 saturated heterocycles. The van der Waals surface area contributed by atoms with Gasteiger partial charge in [-0.25, -0.2) is 8.42 Å². The van der Waals surface area contributed by atoms with Crippen LogP contribution in [0.4, 0.5) is 5.69 Å². The highest BCUT2D eigenvalue weighted by molar-refractivity contribution is 9.10. The van der Waals surface area contributed by atoms with Crippen LogP contribution >= 0.6 is 15.9 Å². The van der Waals surface area contributed by atoms with Crippen LogP contribution in [0.1, 0.15) is 11.5 Å². The Morgan fingerprint density at radius 1 is 1.37 bits per heavy atom. The molecule has 5 nitrogen and oxygen atoms in total. The van der Waals surface area contributed by atoms with Crippen molar-refractivity contribution in [3.05, 3.63) is 46.3 Å². The Hall–Kier alpha value is -1.31. The summed E-state index contributed by atoms with van der Waals surface area (Å²) in [5.41, 5.74) is 5.91. The molecular formula is C12H13BrN2O3S. The number of nitrogens with two attached hydrogens (primary N) is 1. The quantitative estimate of drug-likeness (QED) is 0.892. The van der Waals surface area contributed by atoms with Crippen molar-refractivity contribution in [2.75, 3.05) is 4.72 Å². The number of benzene rings is 1. The average Bonchev–Trinajstić information content (AvgIpc) is 2.71. The first-order valence-corrected chi connectivity index (χ1v) is 7.78. The van der Waals surface area contributed by atoms with E-state index in [2.05, 4.69) is 20.7 Å². The Bertz CT molecular complexity index is 695. The van der Waals surface area contributed by atoms with Gasteiger partial charge in [-0.3, -0.25) is 4.72 Å². The number of halogens is 1. The monoisotopic (exact) mass is 344 g/mol. The molecule has 0 atom stereocenters. The van der Waals surface area contributed by atoms with Gasteiger partial charge in [0.15, 0.2) is 0 Å². The van der Waals surface area contributed by atoms with Crippen LogP contribution in [0, 0.1) is 6.92 Å². The molecular weight excluding hydrogens is 332 g/mol. The molecule has 102 valence electrons. The molecule has 0 aliphatic heterocycles. The second-order valence-corrected chi connectivity index (χ2v) is 6.52. The largest absolute Gasteiger partial charge is 0.464 e. The van der Waals surface area contributed by atoms with Crippen LogP contribution in [-0.2, 0) is 16.6 Å². The van der Waals surface area contributed by atoms with Crippen LogP contribution in [0.25, 0.3) is 0 Å². The number of nitrogens with one attached hydrogen (secondary N) is 1. The maximum absolute atomic E-state index is 12.2. The molecule has 0 aliphatic rings. The molecule has 0 saturated carbocycles. The third-order valence-electron chi connectivity index (χ3n) is 2.49. The molecule has 0 radical (unpaired) electrons. The lowest BCUT2D eigenvalue weighted by molar-refractivity contribution is 0.479. The molecule has 0 spiro atoms. The van der Waals surface area contributed by atoms with E-state index in [1.165, 1.54) is 6.07 Å². The van der Waals surface area contributed by atoms with Crippen LogP contribution in [0.5, 0.6) is 0 Å². The number of aryl methyl sites for hydroxylation is 1. The zero-order valence-corrected chi connectivity index (χ0v) is 12.6. The zero-order valence-electron chi connectivity index (χ0n) is 10.2. The molecule has 2 aromatic rings. The van der Waals surface area contributed by atoms with E-state index in [4.69, 9.17) is 10.2 Å². The van der Waals surface area contributed by atoms with Crippen molar-refractivity contribution in [2.45, 2.75) is 18.4 Å². The number of hydrogen-bond donors (Lipinski definition) is 2. The molecule has 1 aromatic heterocycles. The summed E-state index contributed by atoms with van der Waals surface area (Å²) in [6.07, 6.45) is 0. The summed E-state index contributed by atoms with van der Waals surface area (Å²) in [6.45, 7) is 1.75. The second kappa shape index (κ2) is 5.36. The highest BCUT2D eigenvalue weighted by atomic mass is 79.9. The van der Waals surface area contributed by atoms with E-state index in [1.807, 2.05) is 6.07 Å². The molecule has 19 heavy (non-hydrogen) atoms. The Morgan fingerprint density at radius 3 is 2.68 bits per heavy atom.